The molecule has 0 unspecified atom stereocenters. The Kier molecular flexibility index (Phi) is 6.18. The standard InChI is InChI=1S/C25H30N2O4/c1-16-14-27(15-17(2)31-16)25(28)12-21(20-10-9-18(29-3)11-24(20)30-4)22-13-26-23-8-6-5-7-19(22)23/h5-11,13,16-17,21,26H,12,14-15H2,1-4H3/t16-,17-,21-/m0/s1. The molecular weight excluding hydrogens is 392 g/mol. The third-order valence-corrected chi connectivity index (χ3v) is 5.96. The van der Waals surface area contributed by atoms with E-state index < -0.39 is 0 Å². The SMILES string of the molecule is COc1ccc([C@H](CC(=O)N2C[C@H](C)O[C@@H](C)C2)c2c[nH]c3ccccc23)c(OC)c1. The van der Waals surface area contributed by atoms with Crippen LogP contribution >= 0.6 is 0 Å². The third kappa shape index (κ3) is 4.39. The Morgan fingerprint density at radius 3 is 2.55 bits per heavy atom. The molecule has 1 saturated heterocycles. The van der Waals surface area contributed by atoms with Gasteiger partial charge in [0, 0.05) is 54.2 Å². The van der Waals surface area contributed by atoms with Gasteiger partial charge in [-0.1, -0.05) is 24.3 Å². The van der Waals surface area contributed by atoms with Gasteiger partial charge < -0.3 is 24.1 Å². The highest BCUT2D eigenvalue weighted by atomic mass is 16.5. The lowest BCUT2D eigenvalue weighted by atomic mass is 9.87. The molecule has 0 bridgehead atoms. The van der Waals surface area contributed by atoms with Crippen molar-refractivity contribution in [2.45, 2.75) is 38.4 Å². The number of carbonyl (C=O) groups excluding carboxylic acids is 1. The quantitative estimate of drug-likeness (QED) is 0.642. The minimum Gasteiger partial charge on any atom is -0.497 e. The van der Waals surface area contributed by atoms with Gasteiger partial charge in [-0.05, 0) is 31.5 Å². The lowest BCUT2D eigenvalue weighted by Gasteiger charge is -2.36. The van der Waals surface area contributed by atoms with Gasteiger partial charge in [-0.15, -0.1) is 0 Å². The van der Waals surface area contributed by atoms with Gasteiger partial charge in [0.05, 0.1) is 26.4 Å². The molecule has 4 rings (SSSR count). The Labute approximate surface area is 183 Å². The van der Waals surface area contributed by atoms with E-state index in [4.69, 9.17) is 14.2 Å². The molecular formula is C25H30N2O4. The number of benzene rings is 2. The summed E-state index contributed by atoms with van der Waals surface area (Å²) in [7, 11) is 3.29. The molecule has 1 N–H and O–H groups in total. The number of fused-ring (bicyclic) bond motifs is 1. The Balaban J connectivity index is 1.74. The van der Waals surface area contributed by atoms with Gasteiger partial charge in [-0.2, -0.15) is 0 Å². The maximum atomic E-state index is 13.4. The van der Waals surface area contributed by atoms with E-state index in [-0.39, 0.29) is 24.0 Å². The average Bonchev–Trinajstić information content (AvgIpc) is 3.20. The molecule has 1 aromatic heterocycles. The van der Waals surface area contributed by atoms with Crippen molar-refractivity contribution in [1.82, 2.24) is 9.88 Å². The van der Waals surface area contributed by atoms with Crippen molar-refractivity contribution in [2.24, 2.45) is 0 Å². The molecule has 31 heavy (non-hydrogen) atoms. The summed E-state index contributed by atoms with van der Waals surface area (Å²) in [4.78, 5) is 18.7. The Morgan fingerprint density at radius 1 is 1.10 bits per heavy atom. The summed E-state index contributed by atoms with van der Waals surface area (Å²) in [5.74, 6) is 1.40. The smallest absolute Gasteiger partial charge is 0.223 e. The van der Waals surface area contributed by atoms with Crippen LogP contribution in [0, 0.1) is 0 Å². The third-order valence-electron chi connectivity index (χ3n) is 5.96. The first-order valence-corrected chi connectivity index (χ1v) is 10.7. The molecule has 0 radical (unpaired) electrons. The van der Waals surface area contributed by atoms with Gasteiger partial charge >= 0.3 is 0 Å². The van der Waals surface area contributed by atoms with Crippen LogP contribution in [-0.4, -0.2) is 55.3 Å². The number of morpholine rings is 1. The zero-order chi connectivity index (χ0) is 22.0. The largest absolute Gasteiger partial charge is 0.497 e. The first-order valence-electron chi connectivity index (χ1n) is 10.7. The van der Waals surface area contributed by atoms with Crippen LogP contribution in [0.25, 0.3) is 10.9 Å². The van der Waals surface area contributed by atoms with E-state index >= 15 is 0 Å². The number of aromatic nitrogens is 1. The number of hydrogen-bond acceptors (Lipinski definition) is 4. The fourth-order valence-corrected chi connectivity index (χ4v) is 4.56. The number of nitrogens with zero attached hydrogens (tertiary/aromatic N) is 1. The van der Waals surface area contributed by atoms with Crippen LogP contribution in [0.3, 0.4) is 0 Å². The molecule has 3 aromatic rings. The summed E-state index contributed by atoms with van der Waals surface area (Å²) in [5.41, 5.74) is 3.11. The molecule has 0 aliphatic carbocycles. The van der Waals surface area contributed by atoms with E-state index in [1.54, 1.807) is 14.2 Å². The number of ether oxygens (including phenoxy) is 3. The summed E-state index contributed by atoms with van der Waals surface area (Å²) >= 11 is 0. The lowest BCUT2D eigenvalue weighted by Crippen LogP contribution is -2.48. The maximum Gasteiger partial charge on any atom is 0.223 e. The number of rotatable bonds is 6. The highest BCUT2D eigenvalue weighted by Gasteiger charge is 2.30. The van der Waals surface area contributed by atoms with Gasteiger partial charge in [-0.25, -0.2) is 0 Å². The van der Waals surface area contributed by atoms with Crippen LogP contribution in [0.15, 0.2) is 48.7 Å². The van der Waals surface area contributed by atoms with Crippen molar-refractivity contribution in [3.05, 3.63) is 59.8 Å². The van der Waals surface area contributed by atoms with Crippen molar-refractivity contribution in [3.63, 3.8) is 0 Å². The van der Waals surface area contributed by atoms with Crippen molar-refractivity contribution in [3.8, 4) is 11.5 Å². The predicted molar refractivity (Wildman–Crippen MR) is 121 cm³/mol. The van der Waals surface area contributed by atoms with Gasteiger partial charge in [0.1, 0.15) is 11.5 Å². The van der Waals surface area contributed by atoms with Crippen molar-refractivity contribution in [1.29, 1.82) is 0 Å². The molecule has 0 saturated carbocycles. The normalized spacial score (nSPS) is 19.9. The van der Waals surface area contributed by atoms with E-state index in [9.17, 15) is 4.79 Å². The van der Waals surface area contributed by atoms with E-state index in [1.807, 2.05) is 61.3 Å². The molecule has 6 nitrogen and oxygen atoms in total. The first-order chi connectivity index (χ1) is 15.0. The summed E-state index contributed by atoms with van der Waals surface area (Å²) < 4.78 is 16.9. The molecule has 1 aliphatic heterocycles. The molecule has 3 atom stereocenters. The van der Waals surface area contributed by atoms with E-state index in [0.717, 1.165) is 27.8 Å². The zero-order valence-corrected chi connectivity index (χ0v) is 18.6. The van der Waals surface area contributed by atoms with Gasteiger partial charge in [0.15, 0.2) is 0 Å². The summed E-state index contributed by atoms with van der Waals surface area (Å²) in [6, 6.07) is 14.0. The fraction of sp³-hybridized carbons (Fsp3) is 0.400. The highest BCUT2D eigenvalue weighted by molar-refractivity contribution is 5.86. The van der Waals surface area contributed by atoms with Crippen LogP contribution < -0.4 is 9.47 Å². The lowest BCUT2D eigenvalue weighted by molar-refractivity contribution is -0.143. The molecule has 164 valence electrons. The van der Waals surface area contributed by atoms with Crippen LogP contribution in [0.5, 0.6) is 11.5 Å². The second-order valence-electron chi connectivity index (χ2n) is 8.21. The number of methoxy groups -OCH3 is 2. The predicted octanol–water partition coefficient (Wildman–Crippen LogP) is 4.34. The summed E-state index contributed by atoms with van der Waals surface area (Å²) in [5, 5.41) is 1.11. The summed E-state index contributed by atoms with van der Waals surface area (Å²) in [6.07, 6.45) is 2.44. The van der Waals surface area contributed by atoms with E-state index in [2.05, 4.69) is 11.1 Å². The van der Waals surface area contributed by atoms with Gasteiger partial charge in [-0.3, -0.25) is 4.79 Å². The molecule has 1 amide bonds. The number of carbonyl (C=O) groups is 1. The first kappa shape index (κ1) is 21.2. The Bertz CT molecular complexity index is 1050. The molecule has 1 aliphatic rings. The van der Waals surface area contributed by atoms with Crippen molar-refractivity contribution in [2.75, 3.05) is 27.3 Å². The molecule has 2 aromatic carbocycles. The Morgan fingerprint density at radius 2 is 1.84 bits per heavy atom. The minimum absolute atomic E-state index is 0.0368. The number of amides is 1. The van der Waals surface area contributed by atoms with Crippen LogP contribution in [-0.2, 0) is 9.53 Å². The number of nitrogens with one attached hydrogen (secondary N) is 1. The van der Waals surface area contributed by atoms with Gasteiger partial charge in [0.2, 0.25) is 5.91 Å². The topological polar surface area (TPSA) is 63.8 Å². The maximum absolute atomic E-state index is 13.4. The highest BCUT2D eigenvalue weighted by Crippen LogP contribution is 2.39. The van der Waals surface area contributed by atoms with Gasteiger partial charge in [0.25, 0.3) is 0 Å². The van der Waals surface area contributed by atoms with E-state index in [0.29, 0.717) is 25.3 Å². The number of para-hydroxylation sites is 1. The van der Waals surface area contributed by atoms with Crippen molar-refractivity contribution < 1.29 is 19.0 Å². The number of hydrogen-bond donors (Lipinski definition) is 1. The van der Waals surface area contributed by atoms with Crippen LogP contribution in [0.2, 0.25) is 0 Å². The van der Waals surface area contributed by atoms with Crippen LogP contribution in [0.1, 0.15) is 37.3 Å². The second-order valence-corrected chi connectivity index (χ2v) is 8.21. The molecule has 0 spiro atoms. The van der Waals surface area contributed by atoms with Crippen molar-refractivity contribution >= 4 is 16.8 Å². The number of aromatic amines is 1. The molecule has 1 fully saturated rings. The average molecular weight is 423 g/mol. The molecule has 6 heteroatoms. The van der Waals surface area contributed by atoms with E-state index in [1.165, 1.54) is 0 Å². The Hall–Kier alpha value is -2.99. The zero-order valence-electron chi connectivity index (χ0n) is 18.6. The van der Waals surface area contributed by atoms with Crippen LogP contribution in [0.4, 0.5) is 0 Å². The monoisotopic (exact) mass is 422 g/mol. The second kappa shape index (κ2) is 9.02. The number of H-pyrrole nitrogens is 1. The summed E-state index contributed by atoms with van der Waals surface area (Å²) in [6.45, 7) is 5.26. The molecule has 2 heterocycles. The fourth-order valence-electron chi connectivity index (χ4n) is 4.56. The minimum atomic E-state index is -0.155.